The molecule has 8 heteroatoms. The maximum atomic E-state index is 12.3. The molecule has 0 aromatic carbocycles. The predicted octanol–water partition coefficient (Wildman–Crippen LogP) is 1.84. The molecule has 0 saturated heterocycles. The van der Waals surface area contributed by atoms with Crippen molar-refractivity contribution in [2.45, 2.75) is 23.5 Å². The van der Waals surface area contributed by atoms with Gasteiger partial charge in [-0.3, -0.25) is 0 Å². The first-order valence-electron chi connectivity index (χ1n) is 3.89. The predicted molar refractivity (Wildman–Crippen MR) is 46.9 cm³/mol. The zero-order chi connectivity index (χ0) is 11.6. The smallest absolute Gasteiger partial charge is 0.301 e. The minimum atomic E-state index is -4.52. The summed E-state index contributed by atoms with van der Waals surface area (Å²) in [6, 6.07) is 1.89. The Bertz CT molecular complexity index is 392. The van der Waals surface area contributed by atoms with Crippen LogP contribution in [-0.2, 0) is 13.2 Å². The number of nitriles is 1. The van der Waals surface area contributed by atoms with Gasteiger partial charge in [-0.1, -0.05) is 11.8 Å². The molecule has 1 rings (SSSR count). The van der Waals surface area contributed by atoms with Crippen LogP contribution in [0.3, 0.4) is 0 Å². The summed E-state index contributed by atoms with van der Waals surface area (Å²) in [5.74, 6) is -1.06. The Morgan fingerprint density at radius 2 is 2.07 bits per heavy atom. The quantitative estimate of drug-likeness (QED) is 0.735. The maximum Gasteiger partial charge on any atom is 0.451 e. The Kier molecular flexibility index (Phi) is 3.24. The van der Waals surface area contributed by atoms with Crippen molar-refractivity contribution in [3.8, 4) is 6.07 Å². The first-order chi connectivity index (χ1) is 6.86. The summed E-state index contributed by atoms with van der Waals surface area (Å²) in [5.41, 5.74) is 0. The summed E-state index contributed by atoms with van der Waals surface area (Å²) in [4.78, 5) is 0. The molecule has 0 spiro atoms. The van der Waals surface area contributed by atoms with E-state index in [1.165, 1.54) is 7.05 Å². The first-order valence-corrected chi connectivity index (χ1v) is 4.77. The number of thioether (sulfide) groups is 1. The largest absolute Gasteiger partial charge is 0.451 e. The van der Waals surface area contributed by atoms with Gasteiger partial charge in [-0.05, 0) is 6.92 Å². The molecule has 82 valence electrons. The second kappa shape index (κ2) is 4.10. The third kappa shape index (κ3) is 2.62. The second-order valence-corrected chi connectivity index (χ2v) is 4.06. The Morgan fingerprint density at radius 3 is 2.47 bits per heavy atom. The molecule has 0 aliphatic carbocycles. The van der Waals surface area contributed by atoms with E-state index in [1.807, 2.05) is 6.07 Å². The van der Waals surface area contributed by atoms with Crippen molar-refractivity contribution >= 4 is 11.8 Å². The molecule has 0 amide bonds. The highest BCUT2D eigenvalue weighted by molar-refractivity contribution is 8.00. The molecule has 0 aliphatic rings. The highest BCUT2D eigenvalue weighted by atomic mass is 32.2. The van der Waals surface area contributed by atoms with Crippen molar-refractivity contribution in [3.63, 3.8) is 0 Å². The number of halogens is 3. The van der Waals surface area contributed by atoms with Crippen LogP contribution in [0.2, 0.25) is 0 Å². The number of hydrogen-bond donors (Lipinski definition) is 0. The van der Waals surface area contributed by atoms with Crippen LogP contribution in [0.25, 0.3) is 0 Å². The van der Waals surface area contributed by atoms with Gasteiger partial charge in [0, 0.05) is 7.05 Å². The van der Waals surface area contributed by atoms with Crippen molar-refractivity contribution in [1.29, 1.82) is 5.26 Å². The molecule has 0 aliphatic heterocycles. The van der Waals surface area contributed by atoms with Crippen LogP contribution in [-0.4, -0.2) is 20.0 Å². The summed E-state index contributed by atoms with van der Waals surface area (Å²) in [6.45, 7) is 1.58. The van der Waals surface area contributed by atoms with E-state index in [2.05, 4.69) is 10.2 Å². The fraction of sp³-hybridized carbons (Fsp3) is 0.571. The van der Waals surface area contributed by atoms with Gasteiger partial charge >= 0.3 is 6.18 Å². The third-order valence-electron chi connectivity index (χ3n) is 1.55. The van der Waals surface area contributed by atoms with Gasteiger partial charge in [0.15, 0.2) is 5.16 Å². The molecule has 15 heavy (non-hydrogen) atoms. The Labute approximate surface area is 88.1 Å². The number of alkyl halides is 3. The molecule has 0 fully saturated rings. The molecule has 0 N–H and O–H groups in total. The van der Waals surface area contributed by atoms with E-state index in [9.17, 15) is 13.2 Å². The zero-order valence-corrected chi connectivity index (χ0v) is 8.72. The Balaban J connectivity index is 2.96. The molecule has 0 saturated carbocycles. The monoisotopic (exact) mass is 236 g/mol. The average molecular weight is 236 g/mol. The van der Waals surface area contributed by atoms with Crippen LogP contribution < -0.4 is 0 Å². The van der Waals surface area contributed by atoms with Gasteiger partial charge in [0.25, 0.3) is 0 Å². The molecule has 0 radical (unpaired) electrons. The summed E-state index contributed by atoms with van der Waals surface area (Å²) in [7, 11) is 1.22. The van der Waals surface area contributed by atoms with Crippen molar-refractivity contribution in [1.82, 2.24) is 14.8 Å². The lowest BCUT2D eigenvalue weighted by atomic mass is 10.5. The highest BCUT2D eigenvalue weighted by Crippen LogP contribution is 2.30. The van der Waals surface area contributed by atoms with E-state index >= 15 is 0 Å². The lowest BCUT2D eigenvalue weighted by Crippen LogP contribution is -2.13. The molecule has 1 atom stereocenters. The van der Waals surface area contributed by atoms with E-state index in [0.29, 0.717) is 0 Å². The molecule has 1 aromatic heterocycles. The van der Waals surface area contributed by atoms with Crippen LogP contribution in [0, 0.1) is 11.3 Å². The Morgan fingerprint density at radius 1 is 1.47 bits per heavy atom. The van der Waals surface area contributed by atoms with Crippen LogP contribution in [0.5, 0.6) is 0 Å². The third-order valence-corrected chi connectivity index (χ3v) is 2.58. The highest BCUT2D eigenvalue weighted by Gasteiger charge is 2.37. The van der Waals surface area contributed by atoms with Crippen molar-refractivity contribution in [2.24, 2.45) is 7.05 Å². The van der Waals surface area contributed by atoms with Gasteiger partial charge in [0.2, 0.25) is 5.82 Å². The SMILES string of the molecule is C[C@H](C#N)Sc1nnc(C(F)(F)F)n1C. The summed E-state index contributed by atoms with van der Waals surface area (Å²) >= 11 is 0.935. The van der Waals surface area contributed by atoms with Gasteiger partial charge in [-0.25, -0.2) is 0 Å². The molecule has 1 aromatic rings. The lowest BCUT2D eigenvalue weighted by Gasteiger charge is -2.06. The minimum absolute atomic E-state index is 0.0800. The minimum Gasteiger partial charge on any atom is -0.301 e. The van der Waals surface area contributed by atoms with Crippen LogP contribution in [0.4, 0.5) is 13.2 Å². The standard InChI is InChI=1S/C7H7F3N4S/c1-4(3-11)15-6-13-12-5(14(6)2)7(8,9)10/h4H,1-2H3/t4-/m1/s1. The number of nitrogens with zero attached hydrogens (tertiary/aromatic N) is 4. The van der Waals surface area contributed by atoms with E-state index < -0.39 is 17.3 Å². The van der Waals surface area contributed by atoms with Crippen LogP contribution >= 0.6 is 11.8 Å². The number of hydrogen-bond acceptors (Lipinski definition) is 4. The lowest BCUT2D eigenvalue weighted by molar-refractivity contribution is -0.147. The van der Waals surface area contributed by atoms with E-state index in [1.54, 1.807) is 6.92 Å². The van der Waals surface area contributed by atoms with Gasteiger partial charge in [-0.15, -0.1) is 10.2 Å². The van der Waals surface area contributed by atoms with Gasteiger partial charge in [0.05, 0.1) is 11.3 Å². The summed E-state index contributed by atoms with van der Waals surface area (Å²) < 4.78 is 37.7. The van der Waals surface area contributed by atoms with E-state index in [0.717, 1.165) is 16.3 Å². The topological polar surface area (TPSA) is 54.5 Å². The first kappa shape index (κ1) is 11.8. The fourth-order valence-corrected chi connectivity index (χ4v) is 1.55. The van der Waals surface area contributed by atoms with Gasteiger partial charge < -0.3 is 4.57 Å². The van der Waals surface area contributed by atoms with Crippen LogP contribution in [0.15, 0.2) is 5.16 Å². The second-order valence-electron chi connectivity index (χ2n) is 2.75. The normalized spacial score (nSPS) is 13.6. The maximum absolute atomic E-state index is 12.3. The molecule has 0 bridgehead atoms. The number of rotatable bonds is 2. The van der Waals surface area contributed by atoms with Gasteiger partial charge in [0.1, 0.15) is 0 Å². The zero-order valence-electron chi connectivity index (χ0n) is 7.91. The van der Waals surface area contributed by atoms with E-state index in [4.69, 9.17) is 5.26 Å². The molecule has 4 nitrogen and oxygen atoms in total. The van der Waals surface area contributed by atoms with E-state index in [-0.39, 0.29) is 5.16 Å². The van der Waals surface area contributed by atoms with Crippen LogP contribution in [0.1, 0.15) is 12.7 Å². The molecule has 0 unspecified atom stereocenters. The molecule has 1 heterocycles. The molecular weight excluding hydrogens is 229 g/mol. The number of aromatic nitrogens is 3. The molecular formula is C7H7F3N4S. The van der Waals surface area contributed by atoms with Crippen molar-refractivity contribution < 1.29 is 13.2 Å². The van der Waals surface area contributed by atoms with Crippen molar-refractivity contribution in [2.75, 3.05) is 0 Å². The van der Waals surface area contributed by atoms with Gasteiger partial charge in [-0.2, -0.15) is 18.4 Å². The fourth-order valence-electron chi connectivity index (χ4n) is 0.849. The average Bonchev–Trinajstić information content (AvgIpc) is 2.47. The van der Waals surface area contributed by atoms with Crippen molar-refractivity contribution in [3.05, 3.63) is 5.82 Å². The summed E-state index contributed by atoms with van der Waals surface area (Å²) in [6.07, 6.45) is -4.52. The summed E-state index contributed by atoms with van der Waals surface area (Å²) in [5, 5.41) is 14.5. The Hall–Kier alpha value is -1.23.